The molecule has 0 amide bonds. The van der Waals surface area contributed by atoms with Crippen LogP contribution in [-0.2, 0) is 19.1 Å². The number of hydrogen-bond donors (Lipinski definition) is 0. The van der Waals surface area contributed by atoms with Crippen molar-refractivity contribution in [1.29, 1.82) is 0 Å². The van der Waals surface area contributed by atoms with E-state index >= 15 is 0 Å². The highest BCUT2D eigenvalue weighted by Crippen LogP contribution is 1.91. The molecule has 0 unspecified atom stereocenters. The van der Waals surface area contributed by atoms with Gasteiger partial charge in [0.15, 0.2) is 0 Å². The summed E-state index contributed by atoms with van der Waals surface area (Å²) in [5.74, 6) is -1.28. The van der Waals surface area contributed by atoms with Gasteiger partial charge in [-0.15, -0.1) is 0 Å². The van der Waals surface area contributed by atoms with Crippen molar-refractivity contribution in [2.24, 2.45) is 0 Å². The maximum Gasteiger partial charge on any atom is 0.339 e. The van der Waals surface area contributed by atoms with Crippen LogP contribution >= 0.6 is 11.3 Å². The molecule has 0 saturated heterocycles. The Morgan fingerprint density at radius 2 is 1.86 bits per heavy atom. The molecule has 14 heavy (non-hydrogen) atoms. The van der Waals surface area contributed by atoms with E-state index in [-0.39, 0.29) is 6.61 Å². The standard InChI is InChI=1S/C5H8O4.C4H4S/c1-4(6)9-5(7)3-8-2;1-2-4-5-3-1/h3H2,1-2H3;1-4H. The van der Waals surface area contributed by atoms with Crippen LogP contribution in [0.2, 0.25) is 0 Å². The van der Waals surface area contributed by atoms with E-state index in [4.69, 9.17) is 0 Å². The second-order valence-electron chi connectivity index (χ2n) is 2.19. The monoisotopic (exact) mass is 216 g/mol. The molecule has 0 bridgehead atoms. The zero-order valence-electron chi connectivity index (χ0n) is 8.06. The third-order valence-electron chi connectivity index (χ3n) is 0.945. The number of carbonyl (C=O) groups excluding carboxylic acids is 2. The van der Waals surface area contributed by atoms with Gasteiger partial charge in [-0.05, 0) is 10.8 Å². The van der Waals surface area contributed by atoms with Gasteiger partial charge in [0.2, 0.25) is 0 Å². The summed E-state index contributed by atoms with van der Waals surface area (Å²) in [6, 6.07) is 4.04. The van der Waals surface area contributed by atoms with Crippen LogP contribution in [0.5, 0.6) is 0 Å². The molecule has 0 fully saturated rings. The molecule has 4 nitrogen and oxygen atoms in total. The van der Waals surface area contributed by atoms with Gasteiger partial charge in [0.1, 0.15) is 6.61 Å². The minimum absolute atomic E-state index is 0.181. The fourth-order valence-corrected chi connectivity index (χ4v) is 0.988. The molecule has 0 saturated carbocycles. The first-order valence-corrected chi connectivity index (χ1v) is 4.78. The van der Waals surface area contributed by atoms with Crippen molar-refractivity contribution in [3.8, 4) is 0 Å². The van der Waals surface area contributed by atoms with Crippen molar-refractivity contribution >= 4 is 23.3 Å². The molecule has 0 spiro atoms. The van der Waals surface area contributed by atoms with Gasteiger partial charge >= 0.3 is 11.9 Å². The Labute approximate surface area is 86.5 Å². The van der Waals surface area contributed by atoms with Crippen molar-refractivity contribution in [2.75, 3.05) is 13.7 Å². The molecule has 0 aromatic carbocycles. The third-order valence-corrected chi connectivity index (χ3v) is 1.57. The van der Waals surface area contributed by atoms with Gasteiger partial charge in [0.25, 0.3) is 0 Å². The van der Waals surface area contributed by atoms with Crippen LogP contribution in [0.15, 0.2) is 22.9 Å². The third kappa shape index (κ3) is 8.89. The zero-order chi connectivity index (χ0) is 10.8. The molecule has 1 aromatic rings. The average molecular weight is 216 g/mol. The Morgan fingerprint density at radius 3 is 2.14 bits per heavy atom. The maximum atomic E-state index is 10.3. The summed E-state index contributed by atoms with van der Waals surface area (Å²) in [5, 5.41) is 4.08. The lowest BCUT2D eigenvalue weighted by Gasteiger charge is -1.95. The van der Waals surface area contributed by atoms with Gasteiger partial charge in [-0.25, -0.2) is 4.79 Å². The van der Waals surface area contributed by atoms with Crippen molar-refractivity contribution in [3.63, 3.8) is 0 Å². The van der Waals surface area contributed by atoms with E-state index in [0.717, 1.165) is 6.92 Å². The Hall–Kier alpha value is -1.20. The van der Waals surface area contributed by atoms with Crippen LogP contribution in [0.25, 0.3) is 0 Å². The number of ether oxygens (including phenoxy) is 2. The SMILES string of the molecule is COCC(=O)OC(C)=O.c1ccsc1. The highest BCUT2D eigenvalue weighted by atomic mass is 32.1. The van der Waals surface area contributed by atoms with E-state index in [2.05, 4.69) is 9.47 Å². The van der Waals surface area contributed by atoms with Crippen LogP contribution in [0.4, 0.5) is 0 Å². The summed E-state index contributed by atoms with van der Waals surface area (Å²) < 4.78 is 8.47. The predicted octanol–water partition coefficient (Wildman–Crippen LogP) is 1.47. The number of methoxy groups -OCH3 is 1. The largest absolute Gasteiger partial charge is 0.392 e. The molecule has 0 radical (unpaired) electrons. The Balaban J connectivity index is 0.000000280. The molecule has 1 heterocycles. The Morgan fingerprint density at radius 1 is 1.29 bits per heavy atom. The van der Waals surface area contributed by atoms with Gasteiger partial charge in [-0.1, -0.05) is 12.1 Å². The van der Waals surface area contributed by atoms with E-state index in [1.54, 1.807) is 11.3 Å². The van der Waals surface area contributed by atoms with E-state index < -0.39 is 11.9 Å². The van der Waals surface area contributed by atoms with Crippen LogP contribution in [-0.4, -0.2) is 25.7 Å². The number of carbonyl (C=O) groups is 2. The molecule has 1 aromatic heterocycles. The molecule has 5 heteroatoms. The summed E-state index contributed by atoms with van der Waals surface area (Å²) in [5.41, 5.74) is 0. The van der Waals surface area contributed by atoms with Crippen molar-refractivity contribution < 1.29 is 19.1 Å². The van der Waals surface area contributed by atoms with E-state index in [1.807, 2.05) is 22.9 Å². The molecule has 1 rings (SSSR count). The summed E-state index contributed by atoms with van der Waals surface area (Å²) in [7, 11) is 1.35. The van der Waals surface area contributed by atoms with Crippen molar-refractivity contribution in [3.05, 3.63) is 22.9 Å². The number of thiophene rings is 1. The molecule has 0 aliphatic rings. The highest BCUT2D eigenvalue weighted by Gasteiger charge is 2.02. The second-order valence-corrected chi connectivity index (χ2v) is 3.01. The zero-order valence-corrected chi connectivity index (χ0v) is 8.87. The van der Waals surface area contributed by atoms with E-state index in [1.165, 1.54) is 7.11 Å². The van der Waals surface area contributed by atoms with Crippen LogP contribution < -0.4 is 0 Å². The van der Waals surface area contributed by atoms with E-state index in [0.29, 0.717) is 0 Å². The van der Waals surface area contributed by atoms with Crippen molar-refractivity contribution in [2.45, 2.75) is 6.92 Å². The number of esters is 2. The fourth-order valence-electron chi connectivity index (χ4n) is 0.534. The molecule has 0 N–H and O–H groups in total. The van der Waals surface area contributed by atoms with Gasteiger partial charge in [-0.3, -0.25) is 4.79 Å². The minimum Gasteiger partial charge on any atom is -0.392 e. The van der Waals surface area contributed by atoms with Crippen LogP contribution in [0, 0.1) is 0 Å². The number of rotatable bonds is 2. The normalized spacial score (nSPS) is 8.43. The first-order valence-electron chi connectivity index (χ1n) is 3.84. The van der Waals surface area contributed by atoms with Gasteiger partial charge in [0.05, 0.1) is 0 Å². The lowest BCUT2D eigenvalue weighted by Crippen LogP contribution is -2.13. The minimum atomic E-state index is -0.662. The van der Waals surface area contributed by atoms with Crippen molar-refractivity contribution in [1.82, 2.24) is 0 Å². The summed E-state index contributed by atoms with van der Waals surface area (Å²) in [4.78, 5) is 20.3. The molecule has 0 aliphatic carbocycles. The fraction of sp³-hybridized carbons (Fsp3) is 0.333. The smallest absolute Gasteiger partial charge is 0.339 e. The Bertz CT molecular complexity index is 239. The van der Waals surface area contributed by atoms with E-state index in [9.17, 15) is 9.59 Å². The van der Waals surface area contributed by atoms with Crippen LogP contribution in [0.1, 0.15) is 6.92 Å². The molecule has 0 atom stereocenters. The first-order chi connectivity index (χ1) is 6.66. The molecular formula is C9H12O4S. The molecule has 0 aliphatic heterocycles. The van der Waals surface area contributed by atoms with Crippen LogP contribution in [0.3, 0.4) is 0 Å². The van der Waals surface area contributed by atoms with Gasteiger partial charge < -0.3 is 9.47 Å². The molecular weight excluding hydrogens is 204 g/mol. The quantitative estimate of drug-likeness (QED) is 0.555. The van der Waals surface area contributed by atoms with Gasteiger partial charge in [0, 0.05) is 14.0 Å². The summed E-state index contributed by atoms with van der Waals surface area (Å²) in [6.45, 7) is 0.979. The average Bonchev–Trinajstić information content (AvgIpc) is 2.59. The number of hydrogen-bond acceptors (Lipinski definition) is 5. The summed E-state index contributed by atoms with van der Waals surface area (Å²) in [6.07, 6.45) is 0. The highest BCUT2D eigenvalue weighted by molar-refractivity contribution is 7.07. The topological polar surface area (TPSA) is 52.6 Å². The maximum absolute atomic E-state index is 10.3. The predicted molar refractivity (Wildman–Crippen MR) is 53.0 cm³/mol. The Kier molecular flexibility index (Phi) is 7.68. The summed E-state index contributed by atoms with van der Waals surface area (Å²) >= 11 is 1.71. The lowest BCUT2D eigenvalue weighted by atomic mass is 10.7. The lowest BCUT2D eigenvalue weighted by molar-refractivity contribution is -0.160. The molecule has 78 valence electrons. The first kappa shape index (κ1) is 12.8. The van der Waals surface area contributed by atoms with Gasteiger partial charge in [-0.2, -0.15) is 11.3 Å². The second kappa shape index (κ2) is 8.40.